The predicted octanol–water partition coefficient (Wildman–Crippen LogP) is 4.20. The van der Waals surface area contributed by atoms with Crippen LogP contribution in [0.1, 0.15) is 46.5 Å². The Morgan fingerprint density at radius 1 is 1.27 bits per heavy atom. The van der Waals surface area contributed by atoms with E-state index in [1.165, 1.54) is 11.1 Å². The Hall–Kier alpha value is -1.67. The molecule has 0 bridgehead atoms. The Labute approximate surface area is 132 Å². The molecule has 1 unspecified atom stereocenters. The monoisotopic (exact) mass is 296 g/mol. The van der Waals surface area contributed by atoms with Crippen LogP contribution in [-0.4, -0.2) is 16.5 Å². The molecule has 3 rings (SSSR count). The first-order valence-corrected chi connectivity index (χ1v) is 8.08. The number of carbonyl (C=O) groups is 1. The van der Waals surface area contributed by atoms with Crippen LogP contribution in [0.3, 0.4) is 0 Å². The summed E-state index contributed by atoms with van der Waals surface area (Å²) in [6.45, 7) is 10.2. The Balaban J connectivity index is 2.29. The van der Waals surface area contributed by atoms with E-state index in [-0.39, 0.29) is 11.7 Å². The molecule has 0 aromatic carbocycles. The van der Waals surface area contributed by atoms with Gasteiger partial charge in [-0.3, -0.25) is 4.79 Å². The molecule has 0 amide bonds. The Morgan fingerprint density at radius 3 is 2.68 bits per heavy atom. The lowest BCUT2D eigenvalue weighted by Gasteiger charge is -2.41. The van der Waals surface area contributed by atoms with Gasteiger partial charge in [0.25, 0.3) is 0 Å². The molecule has 0 saturated heterocycles. The predicted molar refractivity (Wildman–Crippen MR) is 89.4 cm³/mol. The molecular formula is C20H24O2. The summed E-state index contributed by atoms with van der Waals surface area (Å²) in [4.78, 5) is 12.9. The number of rotatable bonds is 1. The smallest absolute Gasteiger partial charge is 0.195 e. The average molecular weight is 296 g/mol. The highest BCUT2D eigenvalue weighted by molar-refractivity contribution is 6.08. The number of hydrogen-bond donors (Lipinski definition) is 1. The third kappa shape index (κ3) is 2.26. The first-order chi connectivity index (χ1) is 10.3. The molecule has 1 atom stereocenters. The van der Waals surface area contributed by atoms with Gasteiger partial charge in [0.15, 0.2) is 11.4 Å². The van der Waals surface area contributed by atoms with E-state index in [9.17, 15) is 9.90 Å². The topological polar surface area (TPSA) is 37.3 Å². The fourth-order valence-corrected chi connectivity index (χ4v) is 3.81. The van der Waals surface area contributed by atoms with Gasteiger partial charge in [-0.1, -0.05) is 49.3 Å². The van der Waals surface area contributed by atoms with Crippen molar-refractivity contribution in [2.75, 3.05) is 0 Å². The minimum Gasteiger partial charge on any atom is -0.377 e. The summed E-state index contributed by atoms with van der Waals surface area (Å²) in [5.41, 5.74) is 4.66. The van der Waals surface area contributed by atoms with Crippen molar-refractivity contribution < 1.29 is 9.90 Å². The van der Waals surface area contributed by atoms with Gasteiger partial charge in [0.2, 0.25) is 0 Å². The van der Waals surface area contributed by atoms with Gasteiger partial charge >= 0.3 is 0 Å². The first-order valence-electron chi connectivity index (χ1n) is 8.08. The highest BCUT2D eigenvalue weighted by atomic mass is 16.3. The summed E-state index contributed by atoms with van der Waals surface area (Å²) in [7, 11) is 0. The zero-order chi connectivity index (χ0) is 16.1. The van der Waals surface area contributed by atoms with Crippen molar-refractivity contribution in [1.82, 2.24) is 0 Å². The van der Waals surface area contributed by atoms with E-state index in [2.05, 4.69) is 25.7 Å². The van der Waals surface area contributed by atoms with Crippen LogP contribution in [-0.2, 0) is 4.79 Å². The summed E-state index contributed by atoms with van der Waals surface area (Å²) in [5, 5.41) is 11.3. The van der Waals surface area contributed by atoms with Crippen molar-refractivity contribution in [2.24, 2.45) is 5.92 Å². The molecule has 116 valence electrons. The largest absolute Gasteiger partial charge is 0.377 e. The van der Waals surface area contributed by atoms with Gasteiger partial charge in [0, 0.05) is 12.0 Å². The lowest BCUT2D eigenvalue weighted by atomic mass is 9.65. The normalized spacial score (nSPS) is 28.7. The van der Waals surface area contributed by atoms with Crippen molar-refractivity contribution in [1.29, 1.82) is 0 Å². The van der Waals surface area contributed by atoms with Gasteiger partial charge in [0.05, 0.1) is 0 Å². The summed E-state index contributed by atoms with van der Waals surface area (Å²) >= 11 is 0. The lowest BCUT2D eigenvalue weighted by Crippen LogP contribution is -2.48. The second-order valence-electron chi connectivity index (χ2n) is 7.16. The minimum atomic E-state index is -1.40. The molecule has 3 aliphatic carbocycles. The number of carbonyl (C=O) groups excluding carboxylic acids is 1. The van der Waals surface area contributed by atoms with E-state index in [1.54, 1.807) is 0 Å². The van der Waals surface area contributed by atoms with E-state index in [0.717, 1.165) is 41.6 Å². The summed E-state index contributed by atoms with van der Waals surface area (Å²) in [5.74, 6) is -0.0255. The summed E-state index contributed by atoms with van der Waals surface area (Å²) in [6, 6.07) is 0. The zero-order valence-electron chi connectivity index (χ0n) is 13.7. The van der Waals surface area contributed by atoms with Crippen LogP contribution >= 0.6 is 0 Å². The maximum absolute atomic E-state index is 12.9. The van der Waals surface area contributed by atoms with Crippen LogP contribution in [0.15, 0.2) is 58.2 Å². The van der Waals surface area contributed by atoms with E-state index >= 15 is 0 Å². The fourth-order valence-electron chi connectivity index (χ4n) is 3.81. The maximum atomic E-state index is 12.9. The highest BCUT2D eigenvalue weighted by Gasteiger charge is 2.49. The molecule has 0 spiro atoms. The van der Waals surface area contributed by atoms with Crippen molar-refractivity contribution >= 4 is 5.78 Å². The van der Waals surface area contributed by atoms with Crippen molar-refractivity contribution in [3.8, 4) is 0 Å². The standard InChI is InChI=1S/C20H24O2/c1-12(2)17-10-16-8-6-13(3)5-7-15-9-14(4)11-20(22,18(15)16)19(17)21/h6,8,10,12,22H,4-5,7,9,11H2,1-3H3. The Bertz CT molecular complexity index is 682. The Morgan fingerprint density at radius 2 is 2.00 bits per heavy atom. The third-order valence-electron chi connectivity index (χ3n) is 4.96. The molecule has 2 heteroatoms. The number of hydrogen-bond acceptors (Lipinski definition) is 2. The number of ketones is 1. The summed E-state index contributed by atoms with van der Waals surface area (Å²) < 4.78 is 0. The molecule has 0 fully saturated rings. The number of Topliss-reactive ketones (excluding diaryl/α,β-unsaturated/α-hetero) is 1. The van der Waals surface area contributed by atoms with E-state index in [0.29, 0.717) is 6.42 Å². The molecule has 22 heavy (non-hydrogen) atoms. The molecule has 0 heterocycles. The fraction of sp³-hybridized carbons (Fsp3) is 0.450. The molecule has 0 aromatic rings. The van der Waals surface area contributed by atoms with Crippen LogP contribution in [0.4, 0.5) is 0 Å². The highest BCUT2D eigenvalue weighted by Crippen LogP contribution is 2.48. The molecule has 3 aliphatic rings. The van der Waals surface area contributed by atoms with Gasteiger partial charge < -0.3 is 5.11 Å². The van der Waals surface area contributed by atoms with E-state index < -0.39 is 5.60 Å². The van der Waals surface area contributed by atoms with E-state index in [4.69, 9.17) is 0 Å². The number of aliphatic hydroxyl groups is 1. The van der Waals surface area contributed by atoms with Crippen LogP contribution in [0.5, 0.6) is 0 Å². The summed E-state index contributed by atoms with van der Waals surface area (Å²) in [6.07, 6.45) is 9.20. The zero-order valence-corrected chi connectivity index (χ0v) is 13.7. The second-order valence-corrected chi connectivity index (χ2v) is 7.16. The van der Waals surface area contributed by atoms with Crippen LogP contribution in [0.2, 0.25) is 0 Å². The average Bonchev–Trinajstić information content (AvgIpc) is 2.42. The van der Waals surface area contributed by atoms with Gasteiger partial charge in [-0.25, -0.2) is 0 Å². The SMILES string of the molecule is C=C1CC2=C3C(=CC=C(C)CC2)C=C(C(C)C)C(=O)C3(O)C1. The first kappa shape index (κ1) is 15.2. The molecule has 2 nitrogen and oxygen atoms in total. The third-order valence-corrected chi connectivity index (χ3v) is 4.96. The lowest BCUT2D eigenvalue weighted by molar-refractivity contribution is -0.130. The molecule has 0 aromatic heterocycles. The quantitative estimate of drug-likeness (QED) is 0.736. The van der Waals surface area contributed by atoms with Crippen molar-refractivity contribution in [2.45, 2.75) is 52.1 Å². The van der Waals surface area contributed by atoms with E-state index in [1.807, 2.05) is 19.9 Å². The van der Waals surface area contributed by atoms with Gasteiger partial charge in [-0.15, -0.1) is 0 Å². The molecule has 0 saturated carbocycles. The van der Waals surface area contributed by atoms with Crippen molar-refractivity contribution in [3.05, 3.63) is 58.2 Å². The molecule has 0 radical (unpaired) electrons. The minimum absolute atomic E-state index is 0.105. The molecule has 0 aliphatic heterocycles. The maximum Gasteiger partial charge on any atom is 0.195 e. The van der Waals surface area contributed by atoms with Gasteiger partial charge in [0.1, 0.15) is 0 Å². The van der Waals surface area contributed by atoms with Gasteiger partial charge in [-0.2, -0.15) is 0 Å². The van der Waals surface area contributed by atoms with Crippen LogP contribution < -0.4 is 0 Å². The van der Waals surface area contributed by atoms with Gasteiger partial charge in [-0.05, 0) is 49.3 Å². The van der Waals surface area contributed by atoms with Crippen molar-refractivity contribution in [3.63, 3.8) is 0 Å². The molecule has 1 N–H and O–H groups in total. The number of allylic oxidation sites excluding steroid dienone is 5. The Kier molecular flexibility index (Phi) is 3.60. The van der Waals surface area contributed by atoms with Crippen LogP contribution in [0.25, 0.3) is 0 Å². The second kappa shape index (κ2) is 5.20. The van der Waals surface area contributed by atoms with Crippen LogP contribution in [0, 0.1) is 5.92 Å². The molecular weight excluding hydrogens is 272 g/mol.